The van der Waals surface area contributed by atoms with E-state index in [0.29, 0.717) is 49.0 Å². The fraction of sp³-hybridized carbons (Fsp3) is 0.300. The van der Waals surface area contributed by atoms with Crippen molar-refractivity contribution in [3.05, 3.63) is 59.7 Å². The molecule has 1 fully saturated rings. The molecule has 0 radical (unpaired) electrons. The number of Topliss-reactive ketones (excluding diaryl/α,β-unsaturated/α-hetero) is 1. The summed E-state index contributed by atoms with van der Waals surface area (Å²) in [6.45, 7) is 4.15. The number of ketones is 1. The van der Waals surface area contributed by atoms with Crippen LogP contribution >= 0.6 is 0 Å². The quantitative estimate of drug-likeness (QED) is 0.737. The average Bonchev–Trinajstić information content (AvgIpc) is 2.93. The number of quaternary nitrogens is 1. The first-order valence-corrected chi connectivity index (χ1v) is 10.7. The van der Waals surface area contributed by atoms with Gasteiger partial charge in [-0.3, -0.25) is 14.5 Å². The summed E-state index contributed by atoms with van der Waals surface area (Å²) in [6.07, 6.45) is 0. The van der Waals surface area contributed by atoms with Crippen molar-refractivity contribution in [1.82, 2.24) is 4.31 Å². The van der Waals surface area contributed by atoms with E-state index in [4.69, 9.17) is 0 Å². The van der Waals surface area contributed by atoms with Crippen molar-refractivity contribution in [2.75, 3.05) is 37.7 Å². The molecule has 1 N–H and O–H groups in total. The predicted octanol–water partition coefficient (Wildman–Crippen LogP) is 0.0712. The largest absolute Gasteiger partial charge is 0.315 e. The van der Waals surface area contributed by atoms with Crippen molar-refractivity contribution in [2.45, 2.75) is 11.8 Å². The summed E-state index contributed by atoms with van der Waals surface area (Å²) >= 11 is 0. The van der Waals surface area contributed by atoms with Gasteiger partial charge in [0.15, 0.2) is 6.67 Å². The maximum Gasteiger partial charge on any atom is 0.303 e. The molecule has 0 saturated carbocycles. The molecule has 4 rings (SSSR count). The van der Waals surface area contributed by atoms with E-state index < -0.39 is 21.7 Å². The summed E-state index contributed by atoms with van der Waals surface area (Å²) in [6, 6.07) is 13.8. The second-order valence-electron chi connectivity index (χ2n) is 7.21. The van der Waals surface area contributed by atoms with E-state index in [1.54, 1.807) is 36.4 Å². The molecule has 0 bridgehead atoms. The van der Waals surface area contributed by atoms with Crippen molar-refractivity contribution in [3.8, 4) is 0 Å². The molecule has 146 valence electrons. The van der Waals surface area contributed by atoms with Crippen LogP contribution in [0.15, 0.2) is 53.4 Å². The molecule has 28 heavy (non-hydrogen) atoms. The highest BCUT2D eigenvalue weighted by Crippen LogP contribution is 2.28. The SMILES string of the molecule is Cc1ccc2c(c1)C(=O)C(=O)N2C[NH+]1CCN(S(=O)(=O)c2ccccc2)CC1. The lowest BCUT2D eigenvalue weighted by Gasteiger charge is -2.33. The molecule has 2 aliphatic heterocycles. The van der Waals surface area contributed by atoms with Gasteiger partial charge in [-0.2, -0.15) is 4.31 Å². The molecule has 0 aliphatic carbocycles. The fourth-order valence-corrected chi connectivity index (χ4v) is 5.20. The number of sulfonamides is 1. The number of anilines is 1. The van der Waals surface area contributed by atoms with Gasteiger partial charge in [-0.15, -0.1) is 0 Å². The molecule has 7 nitrogen and oxygen atoms in total. The van der Waals surface area contributed by atoms with E-state index in [2.05, 4.69) is 0 Å². The Kier molecular flexibility index (Phi) is 4.78. The van der Waals surface area contributed by atoms with Crippen LogP contribution in [0.5, 0.6) is 0 Å². The highest BCUT2D eigenvalue weighted by Gasteiger charge is 2.39. The lowest BCUT2D eigenvalue weighted by Crippen LogP contribution is -3.16. The van der Waals surface area contributed by atoms with Crippen molar-refractivity contribution >= 4 is 27.4 Å². The lowest BCUT2D eigenvalue weighted by atomic mass is 10.1. The van der Waals surface area contributed by atoms with Crippen LogP contribution in [0.25, 0.3) is 0 Å². The second-order valence-corrected chi connectivity index (χ2v) is 9.15. The Bertz CT molecular complexity index is 1030. The molecule has 2 aromatic rings. The zero-order valence-electron chi connectivity index (χ0n) is 15.6. The molecule has 0 aromatic heterocycles. The topological polar surface area (TPSA) is 79.2 Å². The van der Waals surface area contributed by atoms with Crippen molar-refractivity contribution in [2.24, 2.45) is 0 Å². The van der Waals surface area contributed by atoms with E-state index in [9.17, 15) is 18.0 Å². The minimum absolute atomic E-state index is 0.295. The van der Waals surface area contributed by atoms with E-state index >= 15 is 0 Å². The van der Waals surface area contributed by atoms with Gasteiger partial charge in [-0.25, -0.2) is 8.42 Å². The Morgan fingerprint density at radius 3 is 2.36 bits per heavy atom. The number of piperazine rings is 1. The molecule has 2 aromatic carbocycles. The molecule has 0 unspecified atom stereocenters. The molecule has 1 saturated heterocycles. The third-order valence-corrected chi connectivity index (χ3v) is 7.23. The Morgan fingerprint density at radius 2 is 1.68 bits per heavy atom. The van der Waals surface area contributed by atoms with Gasteiger partial charge < -0.3 is 4.90 Å². The molecular formula is C20H22N3O4S+. The number of carbonyl (C=O) groups is 2. The number of fused-ring (bicyclic) bond motifs is 1. The van der Waals surface area contributed by atoms with Crippen molar-refractivity contribution < 1.29 is 22.9 Å². The molecule has 8 heteroatoms. The van der Waals surface area contributed by atoms with E-state index in [-0.39, 0.29) is 0 Å². The van der Waals surface area contributed by atoms with E-state index in [1.165, 1.54) is 9.21 Å². The Labute approximate surface area is 164 Å². The summed E-state index contributed by atoms with van der Waals surface area (Å²) in [4.78, 5) is 27.6. The average molecular weight is 400 g/mol. The normalized spacial score (nSPS) is 18.5. The summed E-state index contributed by atoms with van der Waals surface area (Å²) in [7, 11) is -3.50. The van der Waals surface area contributed by atoms with Gasteiger partial charge in [0.25, 0.3) is 5.78 Å². The van der Waals surface area contributed by atoms with Gasteiger partial charge >= 0.3 is 5.91 Å². The zero-order valence-corrected chi connectivity index (χ0v) is 16.4. The Morgan fingerprint density at radius 1 is 1.00 bits per heavy atom. The summed E-state index contributed by atoms with van der Waals surface area (Å²) in [5.74, 6) is -0.976. The van der Waals surface area contributed by atoms with E-state index in [0.717, 1.165) is 10.5 Å². The number of rotatable bonds is 4. The third-order valence-electron chi connectivity index (χ3n) is 5.32. The number of benzene rings is 2. The Balaban J connectivity index is 1.44. The lowest BCUT2D eigenvalue weighted by molar-refractivity contribution is -0.902. The van der Waals surface area contributed by atoms with Crippen LogP contribution in [-0.4, -0.2) is 57.3 Å². The predicted molar refractivity (Wildman–Crippen MR) is 104 cm³/mol. The highest BCUT2D eigenvalue weighted by atomic mass is 32.2. The maximum atomic E-state index is 12.7. The van der Waals surface area contributed by atoms with Crippen LogP contribution in [0.4, 0.5) is 5.69 Å². The van der Waals surface area contributed by atoms with Crippen LogP contribution in [0.3, 0.4) is 0 Å². The number of carbonyl (C=O) groups excluding carboxylic acids is 2. The number of hydrogen-bond donors (Lipinski definition) is 1. The smallest absolute Gasteiger partial charge is 0.303 e. The minimum atomic E-state index is -3.50. The van der Waals surface area contributed by atoms with Crippen molar-refractivity contribution in [3.63, 3.8) is 0 Å². The van der Waals surface area contributed by atoms with Crippen LogP contribution in [0.2, 0.25) is 0 Å². The first kappa shape index (κ1) is 18.8. The van der Waals surface area contributed by atoms with Crippen molar-refractivity contribution in [1.29, 1.82) is 0 Å². The van der Waals surface area contributed by atoms with Crippen LogP contribution in [-0.2, 0) is 14.8 Å². The van der Waals surface area contributed by atoms with Gasteiger partial charge in [0.2, 0.25) is 10.0 Å². The number of amides is 1. The van der Waals surface area contributed by atoms with Crippen LogP contribution < -0.4 is 9.80 Å². The first-order chi connectivity index (χ1) is 13.4. The Hall–Kier alpha value is -2.55. The number of aryl methyl sites for hydroxylation is 1. The molecule has 0 atom stereocenters. The standard InChI is InChI=1S/C20H21N3O4S/c1-15-7-8-18-17(13-15)19(24)20(25)23(18)14-21-9-11-22(12-10-21)28(26,27)16-5-3-2-4-6-16/h2-8,13H,9-12,14H2,1H3/p+1. The van der Waals surface area contributed by atoms with E-state index in [1.807, 2.05) is 19.1 Å². The first-order valence-electron chi connectivity index (χ1n) is 9.23. The van der Waals surface area contributed by atoms with Gasteiger partial charge in [-0.1, -0.05) is 29.8 Å². The highest BCUT2D eigenvalue weighted by molar-refractivity contribution is 7.89. The minimum Gasteiger partial charge on any atom is -0.315 e. The van der Waals surface area contributed by atoms with Crippen LogP contribution in [0.1, 0.15) is 15.9 Å². The monoisotopic (exact) mass is 400 g/mol. The zero-order chi connectivity index (χ0) is 19.9. The molecule has 1 amide bonds. The molecule has 2 aliphatic rings. The number of hydrogen-bond acceptors (Lipinski definition) is 4. The second kappa shape index (κ2) is 7.12. The molecular weight excluding hydrogens is 378 g/mol. The maximum absolute atomic E-state index is 12.7. The number of nitrogens with zero attached hydrogens (tertiary/aromatic N) is 2. The summed E-state index contributed by atoms with van der Waals surface area (Å²) in [5.41, 5.74) is 2.04. The molecule has 0 spiro atoms. The number of nitrogens with one attached hydrogen (secondary N) is 1. The van der Waals surface area contributed by atoms with Crippen LogP contribution in [0, 0.1) is 6.92 Å². The third kappa shape index (κ3) is 3.23. The summed E-state index contributed by atoms with van der Waals surface area (Å²) < 4.78 is 27.0. The fourth-order valence-electron chi connectivity index (χ4n) is 3.74. The van der Waals surface area contributed by atoms with Gasteiger partial charge in [0, 0.05) is 0 Å². The molecule has 2 heterocycles. The summed E-state index contributed by atoms with van der Waals surface area (Å²) in [5, 5.41) is 0. The van der Waals surface area contributed by atoms with Gasteiger partial charge in [-0.05, 0) is 31.2 Å². The van der Waals surface area contributed by atoms with Gasteiger partial charge in [0.05, 0.1) is 42.3 Å². The van der Waals surface area contributed by atoms with Gasteiger partial charge in [0.1, 0.15) is 0 Å².